The van der Waals surface area contributed by atoms with Crippen molar-refractivity contribution in [3.05, 3.63) is 59.8 Å². The maximum Gasteiger partial charge on any atom is 0.0898 e. The molecule has 0 saturated heterocycles. The fourth-order valence-corrected chi connectivity index (χ4v) is 2.30. The molecule has 1 heterocycles. The van der Waals surface area contributed by atoms with Gasteiger partial charge < -0.3 is 0 Å². The number of nitrogens with zero attached hydrogens (tertiary/aromatic N) is 2. The fourth-order valence-electron chi connectivity index (χ4n) is 2.30. The minimum Gasteiger partial charge on any atom is -0.252 e. The van der Waals surface area contributed by atoms with E-state index in [0.717, 1.165) is 16.7 Å². The molecule has 2 heteroatoms. The zero-order chi connectivity index (χ0) is 12.5. The first-order valence-corrected chi connectivity index (χ1v) is 6.04. The maximum absolute atomic E-state index is 4.70. The molecule has 3 rings (SSSR count). The minimum atomic E-state index is 0.937. The van der Waals surface area contributed by atoms with E-state index < -0.39 is 0 Å². The summed E-state index contributed by atoms with van der Waals surface area (Å²) in [6, 6.07) is 14.2. The Kier molecular flexibility index (Phi) is 2.56. The van der Waals surface area contributed by atoms with Crippen molar-refractivity contribution in [3.8, 4) is 11.3 Å². The van der Waals surface area contributed by atoms with Crippen LogP contribution in [0.2, 0.25) is 0 Å². The molecule has 0 aliphatic rings. The Morgan fingerprint density at radius 1 is 0.778 bits per heavy atom. The standard InChI is InChI=1S/C16H14N2/c1-11-6-5-7-12(2)16(11)15-10-17-13-8-3-4-9-14(13)18-15/h3-10H,1-2H3. The van der Waals surface area contributed by atoms with Crippen LogP contribution in [-0.4, -0.2) is 9.97 Å². The summed E-state index contributed by atoms with van der Waals surface area (Å²) in [6.07, 6.45) is 1.86. The molecule has 3 aromatic rings. The number of rotatable bonds is 1. The molecule has 2 aromatic carbocycles. The molecular weight excluding hydrogens is 220 g/mol. The van der Waals surface area contributed by atoms with E-state index in [9.17, 15) is 0 Å². The Bertz CT molecular complexity index is 697. The molecular formula is C16H14N2. The number of hydrogen-bond acceptors (Lipinski definition) is 2. The van der Waals surface area contributed by atoms with Crippen LogP contribution in [0.5, 0.6) is 0 Å². The summed E-state index contributed by atoms with van der Waals surface area (Å²) in [7, 11) is 0. The van der Waals surface area contributed by atoms with Gasteiger partial charge in [-0.05, 0) is 37.1 Å². The molecule has 0 radical (unpaired) electrons. The summed E-state index contributed by atoms with van der Waals surface area (Å²) in [4.78, 5) is 9.18. The molecule has 0 spiro atoms. The van der Waals surface area contributed by atoms with Crippen LogP contribution in [-0.2, 0) is 0 Å². The molecule has 0 bridgehead atoms. The van der Waals surface area contributed by atoms with Gasteiger partial charge in [-0.25, -0.2) is 4.98 Å². The van der Waals surface area contributed by atoms with Crippen LogP contribution < -0.4 is 0 Å². The maximum atomic E-state index is 4.70. The average Bonchev–Trinajstić information content (AvgIpc) is 2.38. The Balaban J connectivity index is 2.26. The normalized spacial score (nSPS) is 10.8. The van der Waals surface area contributed by atoms with Gasteiger partial charge in [-0.15, -0.1) is 0 Å². The minimum absolute atomic E-state index is 0.937. The van der Waals surface area contributed by atoms with Crippen LogP contribution in [0.25, 0.3) is 22.3 Å². The Labute approximate surface area is 106 Å². The van der Waals surface area contributed by atoms with E-state index in [2.05, 4.69) is 37.0 Å². The van der Waals surface area contributed by atoms with Crippen molar-refractivity contribution in [2.24, 2.45) is 0 Å². The Morgan fingerprint density at radius 3 is 2.17 bits per heavy atom. The van der Waals surface area contributed by atoms with Gasteiger partial charge in [0, 0.05) is 5.56 Å². The van der Waals surface area contributed by atoms with E-state index in [1.165, 1.54) is 16.7 Å². The highest BCUT2D eigenvalue weighted by Gasteiger charge is 2.07. The second kappa shape index (κ2) is 4.22. The molecule has 2 nitrogen and oxygen atoms in total. The monoisotopic (exact) mass is 234 g/mol. The fraction of sp³-hybridized carbons (Fsp3) is 0.125. The van der Waals surface area contributed by atoms with Gasteiger partial charge in [0.1, 0.15) is 0 Å². The van der Waals surface area contributed by atoms with Gasteiger partial charge in [-0.2, -0.15) is 0 Å². The number of aryl methyl sites for hydroxylation is 2. The molecule has 0 unspecified atom stereocenters. The highest BCUT2D eigenvalue weighted by molar-refractivity contribution is 5.78. The number of para-hydroxylation sites is 2. The first kappa shape index (κ1) is 10.9. The lowest BCUT2D eigenvalue weighted by Gasteiger charge is -2.09. The van der Waals surface area contributed by atoms with E-state index in [1.807, 2.05) is 30.5 Å². The van der Waals surface area contributed by atoms with Crippen molar-refractivity contribution in [2.45, 2.75) is 13.8 Å². The topological polar surface area (TPSA) is 25.8 Å². The molecule has 0 atom stereocenters. The molecule has 0 N–H and O–H groups in total. The molecule has 0 aliphatic heterocycles. The molecule has 1 aromatic heterocycles. The third kappa shape index (κ3) is 1.76. The van der Waals surface area contributed by atoms with Crippen molar-refractivity contribution in [1.29, 1.82) is 0 Å². The van der Waals surface area contributed by atoms with E-state index in [-0.39, 0.29) is 0 Å². The van der Waals surface area contributed by atoms with E-state index >= 15 is 0 Å². The Hall–Kier alpha value is -2.22. The quantitative estimate of drug-likeness (QED) is 0.638. The summed E-state index contributed by atoms with van der Waals surface area (Å²) in [5.74, 6) is 0. The first-order valence-electron chi connectivity index (χ1n) is 6.04. The summed E-state index contributed by atoms with van der Waals surface area (Å²) >= 11 is 0. The Morgan fingerprint density at radius 2 is 1.44 bits per heavy atom. The number of fused-ring (bicyclic) bond motifs is 1. The highest BCUT2D eigenvalue weighted by Crippen LogP contribution is 2.25. The largest absolute Gasteiger partial charge is 0.252 e. The SMILES string of the molecule is Cc1cccc(C)c1-c1cnc2ccccc2n1. The third-order valence-electron chi connectivity index (χ3n) is 3.19. The van der Waals surface area contributed by atoms with Gasteiger partial charge in [0.05, 0.1) is 22.9 Å². The summed E-state index contributed by atoms with van der Waals surface area (Å²) in [6.45, 7) is 4.22. The lowest BCUT2D eigenvalue weighted by molar-refractivity contribution is 1.26. The van der Waals surface area contributed by atoms with Crippen LogP contribution in [0, 0.1) is 13.8 Å². The van der Waals surface area contributed by atoms with Gasteiger partial charge in [0.25, 0.3) is 0 Å². The van der Waals surface area contributed by atoms with E-state index in [1.54, 1.807) is 0 Å². The van der Waals surface area contributed by atoms with E-state index in [4.69, 9.17) is 4.98 Å². The van der Waals surface area contributed by atoms with Gasteiger partial charge in [-0.3, -0.25) is 4.98 Å². The lowest BCUT2D eigenvalue weighted by Crippen LogP contribution is -1.93. The van der Waals surface area contributed by atoms with Gasteiger partial charge in [0.15, 0.2) is 0 Å². The average molecular weight is 234 g/mol. The molecule has 18 heavy (non-hydrogen) atoms. The number of hydrogen-bond donors (Lipinski definition) is 0. The first-order chi connectivity index (χ1) is 8.75. The van der Waals surface area contributed by atoms with Crippen LogP contribution in [0.4, 0.5) is 0 Å². The molecule has 0 amide bonds. The summed E-state index contributed by atoms with van der Waals surface area (Å²) in [5.41, 5.74) is 6.49. The molecule has 0 fully saturated rings. The number of aromatic nitrogens is 2. The van der Waals surface area contributed by atoms with Crippen LogP contribution in [0.15, 0.2) is 48.7 Å². The van der Waals surface area contributed by atoms with Gasteiger partial charge in [-0.1, -0.05) is 30.3 Å². The van der Waals surface area contributed by atoms with Crippen molar-refractivity contribution >= 4 is 11.0 Å². The lowest BCUT2D eigenvalue weighted by atomic mass is 10.0. The number of benzene rings is 2. The smallest absolute Gasteiger partial charge is 0.0898 e. The van der Waals surface area contributed by atoms with Crippen molar-refractivity contribution in [3.63, 3.8) is 0 Å². The van der Waals surface area contributed by atoms with Crippen molar-refractivity contribution in [1.82, 2.24) is 9.97 Å². The van der Waals surface area contributed by atoms with Crippen LogP contribution >= 0.6 is 0 Å². The highest BCUT2D eigenvalue weighted by atomic mass is 14.8. The predicted octanol–water partition coefficient (Wildman–Crippen LogP) is 3.91. The molecule has 88 valence electrons. The molecule has 0 aliphatic carbocycles. The summed E-state index contributed by atoms with van der Waals surface area (Å²) < 4.78 is 0. The molecule has 0 saturated carbocycles. The van der Waals surface area contributed by atoms with Gasteiger partial charge >= 0.3 is 0 Å². The van der Waals surface area contributed by atoms with Crippen molar-refractivity contribution < 1.29 is 0 Å². The summed E-state index contributed by atoms with van der Waals surface area (Å²) in [5, 5.41) is 0. The zero-order valence-corrected chi connectivity index (χ0v) is 10.5. The van der Waals surface area contributed by atoms with Crippen LogP contribution in [0.1, 0.15) is 11.1 Å². The van der Waals surface area contributed by atoms with Crippen molar-refractivity contribution in [2.75, 3.05) is 0 Å². The van der Waals surface area contributed by atoms with Gasteiger partial charge in [0.2, 0.25) is 0 Å². The second-order valence-electron chi connectivity index (χ2n) is 4.51. The van der Waals surface area contributed by atoms with Crippen LogP contribution in [0.3, 0.4) is 0 Å². The second-order valence-corrected chi connectivity index (χ2v) is 4.51. The van der Waals surface area contributed by atoms with E-state index in [0.29, 0.717) is 0 Å². The zero-order valence-electron chi connectivity index (χ0n) is 10.5. The third-order valence-corrected chi connectivity index (χ3v) is 3.19. The predicted molar refractivity (Wildman–Crippen MR) is 74.4 cm³/mol.